The molecule has 0 heterocycles. The van der Waals surface area contributed by atoms with Crippen LogP contribution >= 0.6 is 0 Å². The lowest BCUT2D eigenvalue weighted by Crippen LogP contribution is -2.12. The third kappa shape index (κ3) is 4.77. The van der Waals surface area contributed by atoms with Gasteiger partial charge < -0.3 is 4.90 Å². The summed E-state index contributed by atoms with van der Waals surface area (Å²) in [6.45, 7) is 6.46. The molecule has 0 aromatic heterocycles. The Morgan fingerprint density at radius 2 is 0.741 bits per heavy atom. The van der Waals surface area contributed by atoms with Crippen molar-refractivity contribution in [2.75, 3.05) is 4.90 Å². The summed E-state index contributed by atoms with van der Waals surface area (Å²) in [5.74, 6) is 0. The molecule has 0 amide bonds. The summed E-state index contributed by atoms with van der Waals surface area (Å²) in [5.41, 5.74) is 12.0. The lowest BCUT2D eigenvalue weighted by Gasteiger charge is -2.31. The van der Waals surface area contributed by atoms with Crippen molar-refractivity contribution in [1.82, 2.24) is 0 Å². The molecular formula is C57H39N. The van der Waals surface area contributed by atoms with Crippen LogP contribution < -0.4 is 4.90 Å². The summed E-state index contributed by atoms with van der Waals surface area (Å²) in [5, 5.41) is 18.6. The van der Waals surface area contributed by atoms with Crippen LogP contribution in [0.4, 0.5) is 17.1 Å². The summed E-state index contributed by atoms with van der Waals surface area (Å²) >= 11 is 0. The van der Waals surface area contributed by atoms with Crippen molar-refractivity contribution in [3.63, 3.8) is 0 Å². The van der Waals surface area contributed by atoms with Gasteiger partial charge in [0.15, 0.2) is 0 Å². The van der Waals surface area contributed by atoms with E-state index in [2.05, 4.69) is 208 Å². The molecule has 0 saturated carbocycles. The van der Waals surface area contributed by atoms with Crippen LogP contribution in [0, 0.1) is 20.8 Å². The highest BCUT2D eigenvalue weighted by Gasteiger charge is 2.27. The molecule has 0 aliphatic rings. The van der Waals surface area contributed by atoms with Gasteiger partial charge in [0, 0.05) is 38.3 Å². The van der Waals surface area contributed by atoms with Gasteiger partial charge >= 0.3 is 0 Å². The Balaban J connectivity index is 1.15. The lowest BCUT2D eigenvalue weighted by molar-refractivity contribution is 1.30. The van der Waals surface area contributed by atoms with Gasteiger partial charge in [0.1, 0.15) is 0 Å². The summed E-state index contributed by atoms with van der Waals surface area (Å²) in [6.07, 6.45) is 2.34. The Morgan fingerprint density at radius 1 is 0.362 bits per heavy atom. The first-order valence-electron chi connectivity index (χ1n) is 20.3. The van der Waals surface area contributed by atoms with E-state index in [4.69, 9.17) is 0 Å². The van der Waals surface area contributed by atoms with Gasteiger partial charge in [0.2, 0.25) is 0 Å². The third-order valence-electron chi connectivity index (χ3n) is 12.7. The van der Waals surface area contributed by atoms with Gasteiger partial charge in [-0.15, -0.1) is 0 Å². The molecule has 12 aromatic carbocycles. The number of aryl methyl sites for hydroxylation is 3. The van der Waals surface area contributed by atoms with Gasteiger partial charge in [0.25, 0.3) is 0 Å². The zero-order valence-electron chi connectivity index (χ0n) is 32.8. The van der Waals surface area contributed by atoms with Crippen LogP contribution in [0.5, 0.6) is 0 Å². The minimum atomic E-state index is 1.12. The van der Waals surface area contributed by atoms with Gasteiger partial charge in [-0.25, -0.2) is 0 Å². The van der Waals surface area contributed by atoms with Crippen LogP contribution in [0.2, 0.25) is 0 Å². The van der Waals surface area contributed by atoms with Gasteiger partial charge in [-0.2, -0.15) is 0 Å². The molecule has 0 saturated heterocycles. The summed E-state index contributed by atoms with van der Waals surface area (Å²) < 4.78 is 0. The Labute approximate surface area is 337 Å². The highest BCUT2D eigenvalue weighted by Crippen LogP contribution is 2.55. The van der Waals surface area contributed by atoms with E-state index in [0.717, 1.165) is 16.9 Å². The normalized spacial score (nSPS) is 12.1. The molecule has 12 rings (SSSR count). The first-order valence-corrected chi connectivity index (χ1v) is 20.3. The van der Waals surface area contributed by atoms with Crippen molar-refractivity contribution < 1.29 is 0 Å². The number of fused-ring (bicyclic) bond motifs is 2. The Kier molecular flexibility index (Phi) is 7.04. The molecule has 0 atom stereocenters. The molecule has 12 aromatic rings. The maximum absolute atomic E-state index is 2.51. The summed E-state index contributed by atoms with van der Waals surface area (Å²) in [7, 11) is 0. The molecular weight excluding hydrogens is 699 g/mol. The van der Waals surface area contributed by atoms with Crippen LogP contribution in [0.1, 0.15) is 33.4 Å². The molecule has 0 aliphatic carbocycles. The Morgan fingerprint density at radius 3 is 1.22 bits per heavy atom. The minimum Gasteiger partial charge on any atom is -0.309 e. The standard InChI is InChI=1S/C57H39N/c1-34-16-24-38(25-17-34)50(39-26-18-35(2)19-27-39)32-37-22-30-43(31-23-37)58(42-28-20-36(3)21-29-42)57-48-14-6-12-46-44-10-4-8-40-33-41-9-5-11-45-47-13-7-15-49(57)54(47)56(53(46)48)55(51(40)44)52(41)45/h4-33H,1-3H3. The van der Waals surface area contributed by atoms with Crippen molar-refractivity contribution in [3.05, 3.63) is 209 Å². The summed E-state index contributed by atoms with van der Waals surface area (Å²) in [6, 6.07) is 66.0. The van der Waals surface area contributed by atoms with Crippen molar-refractivity contribution in [2.24, 2.45) is 0 Å². The van der Waals surface area contributed by atoms with E-state index in [1.165, 1.54) is 114 Å². The van der Waals surface area contributed by atoms with Crippen molar-refractivity contribution in [2.45, 2.75) is 20.8 Å². The number of hydrogen-bond acceptors (Lipinski definition) is 1. The number of benzene rings is 12. The van der Waals surface area contributed by atoms with Crippen LogP contribution in [0.25, 0.3) is 87.1 Å². The van der Waals surface area contributed by atoms with Crippen molar-refractivity contribution >= 4 is 104 Å². The molecule has 272 valence electrons. The number of hydrogen-bond donors (Lipinski definition) is 0. The Bertz CT molecular complexity index is 3350. The second-order valence-electron chi connectivity index (χ2n) is 16.3. The monoisotopic (exact) mass is 737 g/mol. The largest absolute Gasteiger partial charge is 0.309 e. The van der Waals surface area contributed by atoms with Crippen molar-refractivity contribution in [3.8, 4) is 0 Å². The first kappa shape index (κ1) is 33.0. The molecule has 0 unspecified atom stereocenters. The maximum Gasteiger partial charge on any atom is 0.0619 e. The fourth-order valence-electron chi connectivity index (χ4n) is 9.97. The average Bonchev–Trinajstić information content (AvgIpc) is 3.26. The number of rotatable bonds is 6. The van der Waals surface area contributed by atoms with E-state index in [0.29, 0.717) is 0 Å². The smallest absolute Gasteiger partial charge is 0.0619 e. The minimum absolute atomic E-state index is 1.12. The second kappa shape index (κ2) is 12.4. The van der Waals surface area contributed by atoms with Gasteiger partial charge in [0.05, 0.1) is 5.69 Å². The second-order valence-corrected chi connectivity index (χ2v) is 16.3. The highest BCUT2D eigenvalue weighted by atomic mass is 15.1. The van der Waals surface area contributed by atoms with Gasteiger partial charge in [-0.3, -0.25) is 0 Å². The molecule has 1 heteroatoms. The average molecular weight is 738 g/mol. The number of nitrogens with zero attached hydrogens (tertiary/aromatic N) is 1. The molecule has 0 N–H and O–H groups in total. The van der Waals surface area contributed by atoms with E-state index in [9.17, 15) is 0 Å². The molecule has 0 radical (unpaired) electrons. The van der Waals surface area contributed by atoms with E-state index in [1.807, 2.05) is 0 Å². The van der Waals surface area contributed by atoms with Gasteiger partial charge in [-0.05, 0) is 128 Å². The zero-order valence-corrected chi connectivity index (χ0v) is 32.8. The predicted octanol–water partition coefficient (Wildman–Crippen LogP) is 16.1. The van der Waals surface area contributed by atoms with Crippen LogP contribution in [0.15, 0.2) is 176 Å². The third-order valence-corrected chi connectivity index (χ3v) is 12.7. The topological polar surface area (TPSA) is 3.24 Å². The lowest BCUT2D eigenvalue weighted by atomic mass is 9.80. The highest BCUT2D eigenvalue weighted by molar-refractivity contribution is 6.50. The maximum atomic E-state index is 2.51. The fourth-order valence-corrected chi connectivity index (χ4v) is 9.97. The Hall–Kier alpha value is -7.22. The summed E-state index contributed by atoms with van der Waals surface area (Å²) in [4.78, 5) is 2.51. The number of anilines is 3. The van der Waals surface area contributed by atoms with E-state index < -0.39 is 0 Å². The van der Waals surface area contributed by atoms with Crippen LogP contribution in [-0.4, -0.2) is 0 Å². The molecule has 0 bridgehead atoms. The van der Waals surface area contributed by atoms with Crippen molar-refractivity contribution in [1.29, 1.82) is 0 Å². The molecule has 0 aliphatic heterocycles. The SMILES string of the molecule is Cc1ccc(C(=Cc2ccc(N(c3ccc(C)cc3)c3c4cccc5c6cccc7cc8cccc9c%10cccc3c%10c(c45)c(c76)c89)cc2)c2ccc(C)cc2)cc1. The molecule has 58 heavy (non-hydrogen) atoms. The molecule has 0 fully saturated rings. The first-order chi connectivity index (χ1) is 28.5. The van der Waals surface area contributed by atoms with E-state index >= 15 is 0 Å². The molecule has 1 nitrogen and oxygen atoms in total. The van der Waals surface area contributed by atoms with Crippen LogP contribution in [-0.2, 0) is 0 Å². The van der Waals surface area contributed by atoms with E-state index in [1.54, 1.807) is 0 Å². The fraction of sp³-hybridized carbons (Fsp3) is 0.0526. The zero-order chi connectivity index (χ0) is 38.6. The van der Waals surface area contributed by atoms with E-state index in [-0.39, 0.29) is 0 Å². The predicted molar refractivity (Wildman–Crippen MR) is 251 cm³/mol. The van der Waals surface area contributed by atoms with Gasteiger partial charge in [-0.1, -0.05) is 162 Å². The quantitative estimate of drug-likeness (QED) is 0.0933. The van der Waals surface area contributed by atoms with Crippen LogP contribution in [0.3, 0.4) is 0 Å². The molecule has 0 spiro atoms.